The molecule has 0 aliphatic carbocycles. The second-order valence-electron chi connectivity index (χ2n) is 5.81. The summed E-state index contributed by atoms with van der Waals surface area (Å²) in [4.78, 5) is 0. The Kier molecular flexibility index (Phi) is 6.35. The van der Waals surface area contributed by atoms with E-state index in [2.05, 4.69) is 29.6 Å². The minimum absolute atomic E-state index is 0. The Morgan fingerprint density at radius 1 is 0.958 bits per heavy atom. The molecule has 2 aromatic carbocycles. The molecule has 0 radical (unpaired) electrons. The standard InChI is InChI=1S/C19H23NO3.ClH/c1-21-17-6-4-5-13(8-17)7-16-9-14-10-18(22-2)19(23-3)11-15(14)12-20-16;/h4-6,8,10-11,16,20H,7,9,12H2,1-3H3;1H. The molecule has 1 aliphatic heterocycles. The van der Waals surface area contributed by atoms with Crippen LogP contribution in [0.25, 0.3) is 0 Å². The summed E-state index contributed by atoms with van der Waals surface area (Å²) in [6, 6.07) is 12.9. The SMILES string of the molecule is COc1cccc(CC2Cc3cc(OC)c(OC)cc3CN2)c1.Cl. The molecule has 1 heterocycles. The molecule has 0 spiro atoms. The molecule has 5 heteroatoms. The number of ether oxygens (including phenoxy) is 3. The van der Waals surface area contributed by atoms with E-state index in [0.29, 0.717) is 6.04 Å². The fourth-order valence-electron chi connectivity index (χ4n) is 3.14. The van der Waals surface area contributed by atoms with Crippen molar-refractivity contribution in [2.75, 3.05) is 21.3 Å². The van der Waals surface area contributed by atoms with E-state index in [1.54, 1.807) is 21.3 Å². The molecule has 130 valence electrons. The number of hydrogen-bond donors (Lipinski definition) is 1. The van der Waals surface area contributed by atoms with Gasteiger partial charge in [-0.3, -0.25) is 0 Å². The number of methoxy groups -OCH3 is 3. The maximum Gasteiger partial charge on any atom is 0.161 e. The van der Waals surface area contributed by atoms with E-state index in [0.717, 1.165) is 36.6 Å². The molecule has 0 saturated heterocycles. The number of benzene rings is 2. The molecule has 1 aliphatic rings. The smallest absolute Gasteiger partial charge is 0.161 e. The van der Waals surface area contributed by atoms with Crippen molar-refractivity contribution in [2.45, 2.75) is 25.4 Å². The van der Waals surface area contributed by atoms with Gasteiger partial charge >= 0.3 is 0 Å². The second-order valence-corrected chi connectivity index (χ2v) is 5.81. The van der Waals surface area contributed by atoms with E-state index < -0.39 is 0 Å². The number of hydrogen-bond acceptors (Lipinski definition) is 4. The summed E-state index contributed by atoms with van der Waals surface area (Å²) >= 11 is 0. The maximum absolute atomic E-state index is 5.42. The van der Waals surface area contributed by atoms with Gasteiger partial charge in [0.1, 0.15) is 5.75 Å². The van der Waals surface area contributed by atoms with Crippen LogP contribution < -0.4 is 19.5 Å². The molecule has 0 aromatic heterocycles. The van der Waals surface area contributed by atoms with Crippen LogP contribution in [-0.2, 0) is 19.4 Å². The molecule has 1 atom stereocenters. The lowest BCUT2D eigenvalue weighted by Gasteiger charge is -2.27. The lowest BCUT2D eigenvalue weighted by molar-refractivity contribution is 0.352. The first-order chi connectivity index (χ1) is 11.2. The largest absolute Gasteiger partial charge is 0.497 e. The maximum atomic E-state index is 5.42. The van der Waals surface area contributed by atoms with Crippen molar-refractivity contribution in [1.29, 1.82) is 0 Å². The van der Waals surface area contributed by atoms with Crippen LogP contribution in [0, 0.1) is 0 Å². The quantitative estimate of drug-likeness (QED) is 0.898. The van der Waals surface area contributed by atoms with Crippen molar-refractivity contribution < 1.29 is 14.2 Å². The van der Waals surface area contributed by atoms with E-state index in [1.807, 2.05) is 12.1 Å². The van der Waals surface area contributed by atoms with Crippen LogP contribution in [0.2, 0.25) is 0 Å². The second kappa shape index (κ2) is 8.27. The third-order valence-electron chi connectivity index (χ3n) is 4.37. The molecular weight excluding hydrogens is 326 g/mol. The summed E-state index contributed by atoms with van der Waals surface area (Å²) in [7, 11) is 5.05. The molecular formula is C19H24ClNO3. The monoisotopic (exact) mass is 349 g/mol. The molecule has 1 N–H and O–H groups in total. The fourth-order valence-corrected chi connectivity index (χ4v) is 3.14. The lowest BCUT2D eigenvalue weighted by atomic mass is 9.91. The Morgan fingerprint density at radius 3 is 2.33 bits per heavy atom. The van der Waals surface area contributed by atoms with Gasteiger partial charge in [-0.15, -0.1) is 12.4 Å². The Balaban J connectivity index is 0.00000208. The molecule has 1 unspecified atom stereocenters. The van der Waals surface area contributed by atoms with Crippen molar-refractivity contribution in [3.05, 3.63) is 53.1 Å². The first kappa shape index (κ1) is 18.4. The lowest BCUT2D eigenvalue weighted by Crippen LogP contribution is -2.37. The molecule has 24 heavy (non-hydrogen) atoms. The van der Waals surface area contributed by atoms with Gasteiger partial charge in [-0.05, 0) is 53.8 Å². The number of rotatable bonds is 5. The first-order valence-electron chi connectivity index (χ1n) is 7.83. The highest BCUT2D eigenvalue weighted by Gasteiger charge is 2.21. The van der Waals surface area contributed by atoms with Crippen LogP contribution in [0.4, 0.5) is 0 Å². The van der Waals surface area contributed by atoms with Gasteiger partial charge in [-0.1, -0.05) is 12.1 Å². The molecule has 2 aromatic rings. The zero-order chi connectivity index (χ0) is 16.2. The minimum atomic E-state index is 0. The van der Waals surface area contributed by atoms with Crippen molar-refractivity contribution in [3.8, 4) is 17.2 Å². The summed E-state index contributed by atoms with van der Waals surface area (Å²) in [6.45, 7) is 0.852. The van der Waals surface area contributed by atoms with Crippen LogP contribution in [0.3, 0.4) is 0 Å². The van der Waals surface area contributed by atoms with E-state index in [1.165, 1.54) is 16.7 Å². The van der Waals surface area contributed by atoms with Crippen LogP contribution >= 0.6 is 12.4 Å². The molecule has 0 fully saturated rings. The van der Waals surface area contributed by atoms with Gasteiger partial charge in [0.2, 0.25) is 0 Å². The van der Waals surface area contributed by atoms with Crippen molar-refractivity contribution in [1.82, 2.24) is 5.32 Å². The Hall–Kier alpha value is -1.91. The minimum Gasteiger partial charge on any atom is -0.497 e. The summed E-state index contributed by atoms with van der Waals surface area (Å²) in [5, 5.41) is 3.61. The topological polar surface area (TPSA) is 39.7 Å². The average molecular weight is 350 g/mol. The fraction of sp³-hybridized carbons (Fsp3) is 0.368. The number of nitrogens with one attached hydrogen (secondary N) is 1. The normalized spacial score (nSPS) is 15.9. The van der Waals surface area contributed by atoms with E-state index >= 15 is 0 Å². The van der Waals surface area contributed by atoms with Gasteiger partial charge < -0.3 is 19.5 Å². The van der Waals surface area contributed by atoms with Crippen LogP contribution in [0.15, 0.2) is 36.4 Å². The van der Waals surface area contributed by atoms with E-state index in [4.69, 9.17) is 14.2 Å². The number of halogens is 1. The predicted molar refractivity (Wildman–Crippen MR) is 97.8 cm³/mol. The summed E-state index contributed by atoms with van der Waals surface area (Å²) in [5.74, 6) is 2.50. The zero-order valence-corrected chi connectivity index (χ0v) is 15.1. The van der Waals surface area contributed by atoms with E-state index in [-0.39, 0.29) is 12.4 Å². The third-order valence-corrected chi connectivity index (χ3v) is 4.37. The van der Waals surface area contributed by atoms with Gasteiger partial charge in [0.15, 0.2) is 11.5 Å². The Labute approximate surface area is 149 Å². The summed E-state index contributed by atoms with van der Waals surface area (Å²) in [6.07, 6.45) is 1.96. The van der Waals surface area contributed by atoms with Crippen molar-refractivity contribution >= 4 is 12.4 Å². The molecule has 0 saturated carbocycles. The third kappa shape index (κ3) is 3.94. The van der Waals surface area contributed by atoms with Gasteiger partial charge in [-0.25, -0.2) is 0 Å². The van der Waals surface area contributed by atoms with Gasteiger partial charge in [0, 0.05) is 12.6 Å². The Morgan fingerprint density at radius 2 is 1.67 bits per heavy atom. The van der Waals surface area contributed by atoms with Crippen LogP contribution in [0.5, 0.6) is 17.2 Å². The highest BCUT2D eigenvalue weighted by Crippen LogP contribution is 2.33. The van der Waals surface area contributed by atoms with Gasteiger partial charge in [0.25, 0.3) is 0 Å². The Bertz CT molecular complexity index is 690. The van der Waals surface area contributed by atoms with Crippen molar-refractivity contribution in [2.24, 2.45) is 0 Å². The predicted octanol–water partition coefficient (Wildman–Crippen LogP) is 3.39. The van der Waals surface area contributed by atoms with E-state index in [9.17, 15) is 0 Å². The summed E-state index contributed by atoms with van der Waals surface area (Å²) in [5.41, 5.74) is 3.89. The summed E-state index contributed by atoms with van der Waals surface area (Å²) < 4.78 is 16.1. The van der Waals surface area contributed by atoms with Crippen LogP contribution in [-0.4, -0.2) is 27.4 Å². The van der Waals surface area contributed by atoms with Crippen molar-refractivity contribution in [3.63, 3.8) is 0 Å². The molecule has 0 bridgehead atoms. The highest BCUT2D eigenvalue weighted by atomic mass is 35.5. The highest BCUT2D eigenvalue weighted by molar-refractivity contribution is 5.85. The zero-order valence-electron chi connectivity index (χ0n) is 14.3. The average Bonchev–Trinajstić information content (AvgIpc) is 2.60. The molecule has 0 amide bonds. The molecule has 4 nitrogen and oxygen atoms in total. The van der Waals surface area contributed by atoms with Gasteiger partial charge in [-0.2, -0.15) is 0 Å². The number of fused-ring (bicyclic) bond motifs is 1. The molecule has 3 rings (SSSR count). The first-order valence-corrected chi connectivity index (χ1v) is 7.83. The van der Waals surface area contributed by atoms with Gasteiger partial charge in [0.05, 0.1) is 21.3 Å². The van der Waals surface area contributed by atoms with Crippen LogP contribution in [0.1, 0.15) is 16.7 Å².